The molecule has 0 aliphatic carbocycles. The van der Waals surface area contributed by atoms with Crippen LogP contribution < -0.4 is 4.74 Å². The Kier molecular flexibility index (Phi) is 4.78. The quantitative estimate of drug-likeness (QED) is 0.855. The summed E-state index contributed by atoms with van der Waals surface area (Å²) in [6.45, 7) is 6.43. The number of para-hydroxylation sites is 1. The number of carbonyl (C=O) groups excluding carboxylic acids is 1. The number of carbonyl (C=O) groups is 1. The monoisotopic (exact) mass is 288 g/mol. The predicted octanol–water partition coefficient (Wildman–Crippen LogP) is 2.68. The van der Waals surface area contributed by atoms with Crippen LogP contribution in [-0.2, 0) is 0 Å². The summed E-state index contributed by atoms with van der Waals surface area (Å²) in [6, 6.07) is 7.40. The molecule has 0 radical (unpaired) electrons. The zero-order chi connectivity index (χ0) is 15.5. The lowest BCUT2D eigenvalue weighted by Gasteiger charge is -2.26. The summed E-state index contributed by atoms with van der Waals surface area (Å²) in [4.78, 5) is 19.1. The van der Waals surface area contributed by atoms with E-state index in [1.54, 1.807) is 0 Å². The van der Waals surface area contributed by atoms with Crippen molar-refractivity contribution >= 4 is 11.5 Å². The standard InChI is InChI=1S/C17H24N2O2/c1-17(2,12-19(3)4)11-18-13-9-15(20)14-7-5-6-8-16(14)21-10-13/h5-8H,9-12H2,1-4H3. The minimum atomic E-state index is 0.0820. The molecule has 0 atom stereocenters. The zero-order valence-electron chi connectivity index (χ0n) is 13.3. The molecule has 1 aromatic carbocycles. The van der Waals surface area contributed by atoms with Crippen molar-refractivity contribution in [2.75, 3.05) is 33.8 Å². The molecule has 1 aromatic rings. The number of hydrogen-bond acceptors (Lipinski definition) is 4. The number of fused-ring (bicyclic) bond motifs is 1. The number of benzene rings is 1. The maximum absolute atomic E-state index is 12.2. The summed E-state index contributed by atoms with van der Waals surface area (Å²) in [6.07, 6.45) is 0.356. The van der Waals surface area contributed by atoms with Crippen LogP contribution in [-0.4, -0.2) is 50.2 Å². The van der Waals surface area contributed by atoms with E-state index < -0.39 is 0 Å². The number of ketones is 1. The third-order valence-corrected chi connectivity index (χ3v) is 3.42. The molecule has 4 heteroatoms. The third kappa shape index (κ3) is 4.39. The van der Waals surface area contributed by atoms with Crippen LogP contribution in [0.5, 0.6) is 5.75 Å². The van der Waals surface area contributed by atoms with Crippen LogP contribution >= 0.6 is 0 Å². The van der Waals surface area contributed by atoms with Gasteiger partial charge in [-0.2, -0.15) is 0 Å². The molecule has 0 N–H and O–H groups in total. The number of Topliss-reactive ketones (excluding diaryl/α,β-unsaturated/α-hetero) is 1. The van der Waals surface area contributed by atoms with Crippen LogP contribution in [0.3, 0.4) is 0 Å². The van der Waals surface area contributed by atoms with Crippen molar-refractivity contribution in [3.05, 3.63) is 29.8 Å². The molecule has 1 aliphatic rings. The van der Waals surface area contributed by atoms with Crippen LogP contribution in [0.1, 0.15) is 30.6 Å². The molecule has 21 heavy (non-hydrogen) atoms. The van der Waals surface area contributed by atoms with Gasteiger partial charge in [0.15, 0.2) is 5.78 Å². The molecular formula is C17H24N2O2. The van der Waals surface area contributed by atoms with E-state index in [0.717, 1.165) is 12.3 Å². The summed E-state index contributed by atoms with van der Waals surface area (Å²) in [7, 11) is 4.12. The maximum Gasteiger partial charge on any atom is 0.172 e. The Morgan fingerprint density at radius 3 is 2.71 bits per heavy atom. The molecule has 0 saturated heterocycles. The number of nitrogens with zero attached hydrogens (tertiary/aromatic N) is 2. The average Bonchev–Trinajstić information content (AvgIpc) is 2.55. The first-order valence-electron chi connectivity index (χ1n) is 7.29. The van der Waals surface area contributed by atoms with E-state index in [2.05, 4.69) is 37.8 Å². The van der Waals surface area contributed by atoms with Crippen molar-refractivity contribution in [3.8, 4) is 5.75 Å². The van der Waals surface area contributed by atoms with E-state index in [-0.39, 0.29) is 11.2 Å². The molecular weight excluding hydrogens is 264 g/mol. The van der Waals surface area contributed by atoms with E-state index in [1.807, 2.05) is 24.3 Å². The Labute approximate surface area is 126 Å². The van der Waals surface area contributed by atoms with Crippen LogP contribution in [0.4, 0.5) is 0 Å². The fraction of sp³-hybridized carbons (Fsp3) is 0.529. The first kappa shape index (κ1) is 15.7. The highest BCUT2D eigenvalue weighted by Crippen LogP contribution is 2.23. The molecule has 0 saturated carbocycles. The van der Waals surface area contributed by atoms with E-state index in [9.17, 15) is 4.79 Å². The van der Waals surface area contributed by atoms with E-state index in [1.165, 1.54) is 0 Å². The summed E-state index contributed by atoms with van der Waals surface area (Å²) in [5, 5.41) is 0. The molecule has 114 valence electrons. The van der Waals surface area contributed by atoms with Crippen molar-refractivity contribution in [2.45, 2.75) is 20.3 Å². The largest absolute Gasteiger partial charge is 0.487 e. The Bertz CT molecular complexity index is 547. The van der Waals surface area contributed by atoms with Gasteiger partial charge in [-0.15, -0.1) is 0 Å². The summed E-state index contributed by atoms with van der Waals surface area (Å²) < 4.78 is 5.72. The fourth-order valence-corrected chi connectivity index (χ4v) is 2.65. The normalized spacial score (nSPS) is 17.6. The van der Waals surface area contributed by atoms with Gasteiger partial charge in [-0.05, 0) is 31.6 Å². The van der Waals surface area contributed by atoms with Crippen LogP contribution in [0.15, 0.2) is 29.3 Å². The highest BCUT2D eigenvalue weighted by molar-refractivity contribution is 6.12. The number of hydrogen-bond donors (Lipinski definition) is 0. The lowest BCUT2D eigenvalue weighted by molar-refractivity contribution is 0.100. The van der Waals surface area contributed by atoms with Crippen molar-refractivity contribution < 1.29 is 9.53 Å². The molecule has 0 aromatic heterocycles. The van der Waals surface area contributed by atoms with Gasteiger partial charge in [0.1, 0.15) is 12.4 Å². The summed E-state index contributed by atoms with van der Waals surface area (Å²) in [5.41, 5.74) is 1.58. The second-order valence-electron chi connectivity index (χ2n) is 6.67. The summed E-state index contributed by atoms with van der Waals surface area (Å²) >= 11 is 0. The lowest BCUT2D eigenvalue weighted by Crippen LogP contribution is -2.31. The van der Waals surface area contributed by atoms with Gasteiger partial charge in [0.05, 0.1) is 17.7 Å². The van der Waals surface area contributed by atoms with Gasteiger partial charge in [0, 0.05) is 13.1 Å². The Morgan fingerprint density at radius 2 is 2.00 bits per heavy atom. The molecule has 4 nitrogen and oxygen atoms in total. The second-order valence-corrected chi connectivity index (χ2v) is 6.67. The van der Waals surface area contributed by atoms with E-state index in [4.69, 9.17) is 4.74 Å². The third-order valence-electron chi connectivity index (χ3n) is 3.42. The van der Waals surface area contributed by atoms with E-state index in [0.29, 0.717) is 30.9 Å². The predicted molar refractivity (Wildman–Crippen MR) is 85.5 cm³/mol. The molecule has 0 spiro atoms. The van der Waals surface area contributed by atoms with Gasteiger partial charge >= 0.3 is 0 Å². The number of rotatable bonds is 4. The maximum atomic E-state index is 12.2. The molecule has 0 bridgehead atoms. The van der Waals surface area contributed by atoms with Crippen molar-refractivity contribution in [2.24, 2.45) is 10.4 Å². The first-order chi connectivity index (χ1) is 9.87. The van der Waals surface area contributed by atoms with Gasteiger partial charge in [-0.1, -0.05) is 26.0 Å². The molecule has 1 heterocycles. The van der Waals surface area contributed by atoms with Crippen molar-refractivity contribution in [3.63, 3.8) is 0 Å². The topological polar surface area (TPSA) is 41.9 Å². The van der Waals surface area contributed by atoms with Crippen molar-refractivity contribution in [1.29, 1.82) is 0 Å². The van der Waals surface area contributed by atoms with Gasteiger partial charge in [-0.25, -0.2) is 0 Å². The number of aliphatic imine (C=N–C) groups is 1. The van der Waals surface area contributed by atoms with Crippen LogP contribution in [0.25, 0.3) is 0 Å². The zero-order valence-corrected chi connectivity index (χ0v) is 13.3. The van der Waals surface area contributed by atoms with Gasteiger partial charge in [-0.3, -0.25) is 9.79 Å². The lowest BCUT2D eigenvalue weighted by atomic mass is 9.93. The molecule has 0 amide bonds. The summed E-state index contributed by atoms with van der Waals surface area (Å²) in [5.74, 6) is 0.757. The molecule has 0 unspecified atom stereocenters. The highest BCUT2D eigenvalue weighted by Gasteiger charge is 2.22. The molecule has 0 fully saturated rings. The Morgan fingerprint density at radius 1 is 1.29 bits per heavy atom. The minimum Gasteiger partial charge on any atom is -0.487 e. The van der Waals surface area contributed by atoms with Gasteiger partial charge < -0.3 is 9.64 Å². The smallest absolute Gasteiger partial charge is 0.172 e. The average molecular weight is 288 g/mol. The Balaban J connectivity index is 2.07. The SMILES string of the molecule is CN(C)CC(C)(C)CN=C1COc2ccccc2C(=O)C1. The van der Waals surface area contributed by atoms with Gasteiger partial charge in [0.25, 0.3) is 0 Å². The van der Waals surface area contributed by atoms with Gasteiger partial charge in [0.2, 0.25) is 0 Å². The fourth-order valence-electron chi connectivity index (χ4n) is 2.65. The Hall–Kier alpha value is -1.68. The molecule has 2 rings (SSSR count). The van der Waals surface area contributed by atoms with Crippen LogP contribution in [0.2, 0.25) is 0 Å². The highest BCUT2D eigenvalue weighted by atomic mass is 16.5. The second kappa shape index (κ2) is 6.39. The minimum absolute atomic E-state index is 0.0820. The first-order valence-corrected chi connectivity index (χ1v) is 7.29. The molecule has 1 aliphatic heterocycles. The van der Waals surface area contributed by atoms with Crippen molar-refractivity contribution in [1.82, 2.24) is 4.90 Å². The van der Waals surface area contributed by atoms with E-state index >= 15 is 0 Å². The number of ether oxygens (including phenoxy) is 1. The van der Waals surface area contributed by atoms with Crippen LogP contribution in [0, 0.1) is 5.41 Å².